The highest BCUT2D eigenvalue weighted by Crippen LogP contribution is 1.99. The Balaban J connectivity index is 0. The summed E-state index contributed by atoms with van der Waals surface area (Å²) < 4.78 is 0. The van der Waals surface area contributed by atoms with Crippen molar-refractivity contribution < 1.29 is 19.8 Å². The lowest BCUT2D eigenvalue weighted by Gasteiger charge is -1.96. The predicted molar refractivity (Wildman–Crippen MR) is 125 cm³/mol. The van der Waals surface area contributed by atoms with Crippen molar-refractivity contribution in [2.24, 2.45) is 5.73 Å². The van der Waals surface area contributed by atoms with Gasteiger partial charge in [-0.05, 0) is 44.9 Å². The number of carboxylic acids is 2. The van der Waals surface area contributed by atoms with E-state index in [4.69, 9.17) is 15.9 Å². The van der Waals surface area contributed by atoms with Crippen molar-refractivity contribution in [2.75, 3.05) is 5.75 Å². The molecule has 0 rings (SSSR count). The van der Waals surface area contributed by atoms with Crippen LogP contribution in [0.2, 0.25) is 0 Å². The van der Waals surface area contributed by atoms with Gasteiger partial charge in [0, 0.05) is 12.2 Å². The summed E-state index contributed by atoms with van der Waals surface area (Å²) in [5, 5.41) is 16.5. The lowest BCUT2D eigenvalue weighted by molar-refractivity contribution is -0.138. The van der Waals surface area contributed by atoms with Gasteiger partial charge in [0.1, 0.15) is 6.04 Å². The topological polar surface area (TPSA) is 101 Å². The zero-order valence-electron chi connectivity index (χ0n) is 17.5. The van der Waals surface area contributed by atoms with Crippen molar-refractivity contribution in [2.45, 2.75) is 64.3 Å². The first kappa shape index (κ1) is 29.2. The summed E-state index contributed by atoms with van der Waals surface area (Å²) in [5.74, 6) is -1.53. The SMILES string of the molecule is CC/C=C\C/C=C\C/C=C\C/C=C\C/C=C\CCCC(=O)O.N[C@@H](CS)C(=O)O. The molecule has 0 aliphatic heterocycles. The average Bonchev–Trinajstić information content (AvgIpc) is 2.69. The molecule has 0 aromatic carbocycles. The largest absolute Gasteiger partial charge is 0.481 e. The molecule has 4 N–H and O–H groups in total. The van der Waals surface area contributed by atoms with E-state index in [1.807, 2.05) is 0 Å². The Bertz CT molecular complexity index is 551. The number of hydrogen-bond acceptors (Lipinski definition) is 4. The molecule has 5 nitrogen and oxygen atoms in total. The number of rotatable bonds is 15. The predicted octanol–water partition coefficient (Wildman–Crippen LogP) is 5.32. The minimum Gasteiger partial charge on any atom is -0.481 e. The standard InChI is InChI=1S/C20H30O2.C3H7NO2S/c1-2-3-4-5-6-7-8-9-10-11-12-13-14-15-16-17-18-19-20(21)22;4-2(1-7)3(5)6/h3-4,6-7,9-10,12-13,15-16H,2,5,8,11,14,17-19H2,1H3,(H,21,22);2,7H,1,4H2,(H,5,6)/b4-3-,7-6-,10-9-,13-12-,16-15-;/t;2-/m.0/s1. The number of thiol groups is 1. The Kier molecular flexibility index (Phi) is 24.1. The van der Waals surface area contributed by atoms with Crippen LogP contribution in [-0.4, -0.2) is 33.9 Å². The van der Waals surface area contributed by atoms with Gasteiger partial charge in [0.05, 0.1) is 0 Å². The molecule has 0 aromatic heterocycles. The zero-order valence-corrected chi connectivity index (χ0v) is 18.3. The second-order valence-electron chi connectivity index (χ2n) is 6.12. The van der Waals surface area contributed by atoms with Crippen molar-refractivity contribution >= 4 is 24.6 Å². The Morgan fingerprint density at radius 3 is 1.55 bits per heavy atom. The van der Waals surface area contributed by atoms with Crippen molar-refractivity contribution in [1.82, 2.24) is 0 Å². The Morgan fingerprint density at radius 1 is 0.828 bits per heavy atom. The number of nitrogens with two attached hydrogens (primary N) is 1. The smallest absolute Gasteiger partial charge is 0.321 e. The van der Waals surface area contributed by atoms with Gasteiger partial charge < -0.3 is 15.9 Å². The fourth-order valence-electron chi connectivity index (χ4n) is 1.82. The van der Waals surface area contributed by atoms with E-state index in [-0.39, 0.29) is 12.2 Å². The number of carbonyl (C=O) groups is 2. The van der Waals surface area contributed by atoms with E-state index in [0.717, 1.165) is 44.9 Å². The van der Waals surface area contributed by atoms with Crippen LogP contribution in [-0.2, 0) is 9.59 Å². The van der Waals surface area contributed by atoms with Crippen LogP contribution in [0.5, 0.6) is 0 Å². The van der Waals surface area contributed by atoms with E-state index >= 15 is 0 Å². The number of carboxylic acid groups (broad SMARTS) is 2. The maximum Gasteiger partial charge on any atom is 0.321 e. The van der Waals surface area contributed by atoms with Gasteiger partial charge in [0.2, 0.25) is 0 Å². The molecule has 164 valence electrons. The Morgan fingerprint density at radius 2 is 1.24 bits per heavy atom. The number of hydrogen-bond donors (Lipinski definition) is 4. The summed E-state index contributed by atoms with van der Waals surface area (Å²) in [6, 6.07) is -0.816. The molecule has 29 heavy (non-hydrogen) atoms. The van der Waals surface area contributed by atoms with Crippen molar-refractivity contribution in [3.63, 3.8) is 0 Å². The third-order valence-electron chi connectivity index (χ3n) is 3.43. The van der Waals surface area contributed by atoms with E-state index in [1.54, 1.807) is 0 Å². The van der Waals surface area contributed by atoms with Crippen LogP contribution in [0, 0.1) is 0 Å². The molecule has 1 atom stereocenters. The van der Waals surface area contributed by atoms with Gasteiger partial charge in [-0.25, -0.2) is 0 Å². The maximum absolute atomic E-state index is 10.3. The third-order valence-corrected chi connectivity index (χ3v) is 3.83. The quantitative estimate of drug-likeness (QED) is 0.162. The maximum atomic E-state index is 10.3. The van der Waals surface area contributed by atoms with Crippen LogP contribution < -0.4 is 5.73 Å². The van der Waals surface area contributed by atoms with E-state index in [0.29, 0.717) is 0 Å². The molecule has 0 unspecified atom stereocenters. The normalized spacial score (nSPS) is 12.9. The van der Waals surface area contributed by atoms with Crippen molar-refractivity contribution in [3.8, 4) is 0 Å². The molecule has 0 heterocycles. The van der Waals surface area contributed by atoms with Gasteiger partial charge >= 0.3 is 11.9 Å². The third kappa shape index (κ3) is 28.3. The number of unbranched alkanes of at least 4 members (excludes halogenated alkanes) is 1. The summed E-state index contributed by atoms with van der Waals surface area (Å²) in [6.45, 7) is 2.14. The van der Waals surface area contributed by atoms with Crippen LogP contribution in [0.25, 0.3) is 0 Å². The van der Waals surface area contributed by atoms with Crippen LogP contribution >= 0.6 is 12.6 Å². The lowest BCUT2D eigenvalue weighted by atomic mass is 10.2. The molecular formula is C23H37NO4S. The monoisotopic (exact) mass is 423 g/mol. The van der Waals surface area contributed by atoms with Gasteiger partial charge in [-0.2, -0.15) is 12.6 Å². The first-order valence-electron chi connectivity index (χ1n) is 10.0. The number of allylic oxidation sites excluding steroid dienone is 10. The van der Waals surface area contributed by atoms with Crippen molar-refractivity contribution in [3.05, 3.63) is 60.8 Å². The molecule has 0 aliphatic rings. The summed E-state index contributed by atoms with van der Waals surface area (Å²) in [5.41, 5.74) is 4.94. The fourth-order valence-corrected chi connectivity index (χ4v) is 1.97. The summed E-state index contributed by atoms with van der Waals surface area (Å²) in [7, 11) is 0. The second kappa shape index (κ2) is 24.0. The molecule has 0 spiro atoms. The van der Waals surface area contributed by atoms with E-state index in [9.17, 15) is 9.59 Å². The molecule has 0 aliphatic carbocycles. The van der Waals surface area contributed by atoms with Gasteiger partial charge in [-0.15, -0.1) is 0 Å². The van der Waals surface area contributed by atoms with Crippen LogP contribution in [0.1, 0.15) is 58.3 Å². The molecule has 0 fully saturated rings. The van der Waals surface area contributed by atoms with Crippen molar-refractivity contribution in [1.29, 1.82) is 0 Å². The zero-order chi connectivity index (χ0) is 22.2. The molecule has 0 amide bonds. The number of aliphatic carboxylic acids is 2. The first-order chi connectivity index (χ1) is 14.0. The highest BCUT2D eigenvalue weighted by atomic mass is 32.1. The second-order valence-corrected chi connectivity index (χ2v) is 6.49. The van der Waals surface area contributed by atoms with Gasteiger partial charge in [0.25, 0.3) is 0 Å². The van der Waals surface area contributed by atoms with Gasteiger partial charge in [-0.3, -0.25) is 9.59 Å². The molecule has 6 heteroatoms. The fraction of sp³-hybridized carbons (Fsp3) is 0.478. The summed E-state index contributed by atoms with van der Waals surface area (Å²) in [4.78, 5) is 20.1. The molecule has 0 saturated heterocycles. The highest BCUT2D eigenvalue weighted by molar-refractivity contribution is 7.80. The Labute approximate surface area is 181 Å². The molecular weight excluding hydrogens is 386 g/mol. The molecule has 0 saturated carbocycles. The molecule has 0 aromatic rings. The minimum absolute atomic E-state index is 0.190. The van der Waals surface area contributed by atoms with Gasteiger partial charge in [-0.1, -0.05) is 67.7 Å². The van der Waals surface area contributed by atoms with E-state index < -0.39 is 18.0 Å². The molecule has 0 radical (unpaired) electrons. The van der Waals surface area contributed by atoms with E-state index in [1.165, 1.54) is 0 Å². The van der Waals surface area contributed by atoms with Crippen LogP contribution in [0.4, 0.5) is 0 Å². The van der Waals surface area contributed by atoms with Crippen LogP contribution in [0.15, 0.2) is 60.8 Å². The summed E-state index contributed by atoms with van der Waals surface area (Å²) in [6.07, 6.45) is 28.4. The average molecular weight is 424 g/mol. The Hall–Kier alpha value is -2.05. The summed E-state index contributed by atoms with van der Waals surface area (Å²) >= 11 is 3.65. The minimum atomic E-state index is -1.00. The van der Waals surface area contributed by atoms with E-state index in [2.05, 4.69) is 80.3 Å². The lowest BCUT2D eigenvalue weighted by Crippen LogP contribution is -2.31. The first-order valence-corrected chi connectivity index (χ1v) is 10.6. The van der Waals surface area contributed by atoms with Crippen LogP contribution in [0.3, 0.4) is 0 Å². The highest BCUT2D eigenvalue weighted by Gasteiger charge is 2.06. The molecule has 0 bridgehead atoms. The van der Waals surface area contributed by atoms with Gasteiger partial charge in [0.15, 0.2) is 0 Å².